The van der Waals surface area contributed by atoms with E-state index in [1.165, 1.54) is 10.5 Å². The average molecular weight is 241 g/mol. The highest BCUT2D eigenvalue weighted by Gasteiger charge is 2.11. The fourth-order valence-electron chi connectivity index (χ4n) is 1.59. The highest BCUT2D eigenvalue weighted by atomic mass is 16.1. The minimum Gasteiger partial charge on any atom is -0.293 e. The van der Waals surface area contributed by atoms with Gasteiger partial charge in [-0.1, -0.05) is 31.2 Å². The zero-order chi connectivity index (χ0) is 13.4. The molecular weight excluding hydrogens is 226 g/mol. The second kappa shape index (κ2) is 7.21. The van der Waals surface area contributed by atoms with Gasteiger partial charge in [-0.05, 0) is 12.0 Å². The van der Waals surface area contributed by atoms with E-state index in [1.54, 1.807) is 12.1 Å². The van der Waals surface area contributed by atoms with Gasteiger partial charge in [0.1, 0.15) is 0 Å². The maximum Gasteiger partial charge on any atom is 0.176 e. The molecule has 1 rings (SSSR count). The van der Waals surface area contributed by atoms with Gasteiger partial charge in [0, 0.05) is 5.56 Å². The van der Waals surface area contributed by atoms with Gasteiger partial charge in [0.05, 0.1) is 31.8 Å². The van der Waals surface area contributed by atoms with Crippen LogP contribution < -0.4 is 0 Å². The van der Waals surface area contributed by atoms with Crippen LogP contribution in [0.5, 0.6) is 0 Å². The maximum atomic E-state index is 11.9. The molecule has 0 N–H and O–H groups in total. The molecule has 1 aromatic rings. The van der Waals surface area contributed by atoms with Crippen molar-refractivity contribution >= 4 is 5.78 Å². The first-order chi connectivity index (χ1) is 8.71. The Morgan fingerprint density at radius 3 is 2.17 bits per heavy atom. The van der Waals surface area contributed by atoms with E-state index in [0.717, 1.165) is 6.42 Å². The lowest BCUT2D eigenvalue weighted by Gasteiger charge is -2.13. The summed E-state index contributed by atoms with van der Waals surface area (Å²) in [7, 11) is 0. The van der Waals surface area contributed by atoms with Crippen LogP contribution in [0.25, 0.3) is 0 Å². The van der Waals surface area contributed by atoms with Gasteiger partial charge in [0.25, 0.3) is 0 Å². The number of Topliss-reactive ketones (excluding diaryl/α,β-unsaturated/α-hetero) is 1. The van der Waals surface area contributed by atoms with Crippen molar-refractivity contribution in [2.45, 2.75) is 13.3 Å². The molecule has 1 aromatic carbocycles. The lowest BCUT2D eigenvalue weighted by Crippen LogP contribution is -2.30. The third-order valence-electron chi connectivity index (χ3n) is 2.64. The van der Waals surface area contributed by atoms with Gasteiger partial charge in [-0.15, -0.1) is 0 Å². The van der Waals surface area contributed by atoms with Crippen molar-refractivity contribution in [1.29, 1.82) is 10.5 Å². The van der Waals surface area contributed by atoms with Crippen molar-refractivity contribution in [2.75, 3.05) is 19.6 Å². The topological polar surface area (TPSA) is 67.9 Å². The van der Waals surface area contributed by atoms with Crippen LogP contribution in [-0.4, -0.2) is 30.3 Å². The van der Waals surface area contributed by atoms with Crippen molar-refractivity contribution in [3.63, 3.8) is 0 Å². The zero-order valence-electron chi connectivity index (χ0n) is 10.4. The smallest absolute Gasteiger partial charge is 0.176 e. The van der Waals surface area contributed by atoms with Crippen molar-refractivity contribution in [2.24, 2.45) is 0 Å². The third kappa shape index (κ3) is 4.01. The van der Waals surface area contributed by atoms with E-state index < -0.39 is 0 Å². The number of nitrogens with zero attached hydrogens (tertiary/aromatic N) is 3. The number of nitriles is 2. The predicted molar refractivity (Wildman–Crippen MR) is 67.8 cm³/mol. The summed E-state index contributed by atoms with van der Waals surface area (Å²) >= 11 is 0. The Morgan fingerprint density at radius 1 is 1.17 bits per heavy atom. The summed E-state index contributed by atoms with van der Waals surface area (Å²) in [5.41, 5.74) is 1.80. The molecular formula is C14H15N3O. The number of hydrogen-bond acceptors (Lipinski definition) is 4. The number of carbonyl (C=O) groups excluding carboxylic acids is 1. The quantitative estimate of drug-likeness (QED) is 0.562. The molecule has 0 aromatic heterocycles. The SMILES string of the molecule is CCc1ccc(C(=O)CN(CC#N)CC#N)cc1. The number of carbonyl (C=O) groups is 1. The Bertz CT molecular complexity index is 463. The molecule has 0 aliphatic carbocycles. The monoisotopic (exact) mass is 241 g/mol. The van der Waals surface area contributed by atoms with E-state index in [-0.39, 0.29) is 25.4 Å². The fourth-order valence-corrected chi connectivity index (χ4v) is 1.59. The van der Waals surface area contributed by atoms with Crippen molar-refractivity contribution in [3.05, 3.63) is 35.4 Å². The summed E-state index contributed by atoms with van der Waals surface area (Å²) in [4.78, 5) is 13.5. The molecule has 0 atom stereocenters. The molecule has 0 aliphatic rings. The highest BCUT2D eigenvalue weighted by Crippen LogP contribution is 2.06. The third-order valence-corrected chi connectivity index (χ3v) is 2.64. The first kappa shape index (κ1) is 13.9. The van der Waals surface area contributed by atoms with E-state index in [0.29, 0.717) is 5.56 Å². The molecule has 0 unspecified atom stereocenters. The van der Waals surface area contributed by atoms with Gasteiger partial charge in [-0.2, -0.15) is 10.5 Å². The Balaban J connectivity index is 2.68. The van der Waals surface area contributed by atoms with Crippen LogP contribution in [0.4, 0.5) is 0 Å². The molecule has 0 bridgehead atoms. The Hall–Kier alpha value is -2.17. The Morgan fingerprint density at radius 2 is 1.72 bits per heavy atom. The van der Waals surface area contributed by atoms with E-state index in [9.17, 15) is 4.79 Å². The largest absolute Gasteiger partial charge is 0.293 e. The van der Waals surface area contributed by atoms with Gasteiger partial charge in [0.2, 0.25) is 0 Å². The molecule has 0 saturated carbocycles. The van der Waals surface area contributed by atoms with Crippen molar-refractivity contribution < 1.29 is 4.79 Å². The van der Waals surface area contributed by atoms with E-state index in [1.807, 2.05) is 24.3 Å². The first-order valence-electron chi connectivity index (χ1n) is 5.79. The van der Waals surface area contributed by atoms with Crippen LogP contribution in [0, 0.1) is 22.7 Å². The number of aryl methyl sites for hydroxylation is 1. The molecule has 18 heavy (non-hydrogen) atoms. The number of benzene rings is 1. The fraction of sp³-hybridized carbons (Fsp3) is 0.357. The van der Waals surface area contributed by atoms with Gasteiger partial charge in [-0.25, -0.2) is 0 Å². The van der Waals surface area contributed by atoms with Crippen molar-refractivity contribution in [3.8, 4) is 12.1 Å². The van der Waals surface area contributed by atoms with Crippen molar-refractivity contribution in [1.82, 2.24) is 4.90 Å². The predicted octanol–water partition coefficient (Wildman–Crippen LogP) is 1.78. The summed E-state index contributed by atoms with van der Waals surface area (Å²) in [6, 6.07) is 11.3. The molecule has 0 radical (unpaired) electrons. The van der Waals surface area contributed by atoms with Gasteiger partial charge in [0.15, 0.2) is 5.78 Å². The number of ketones is 1. The molecule has 0 spiro atoms. The summed E-state index contributed by atoms with van der Waals surface area (Å²) in [5, 5.41) is 17.2. The standard InChI is InChI=1S/C14H15N3O/c1-2-12-3-5-13(6-4-12)14(18)11-17(9-7-15)10-8-16/h3-6H,2,9-11H2,1H3. The zero-order valence-corrected chi connectivity index (χ0v) is 10.4. The second-order valence-corrected chi connectivity index (χ2v) is 3.94. The summed E-state index contributed by atoms with van der Waals surface area (Å²) in [6.07, 6.45) is 0.934. The first-order valence-corrected chi connectivity index (χ1v) is 5.79. The number of rotatable bonds is 6. The molecule has 0 aliphatic heterocycles. The van der Waals surface area contributed by atoms with Crippen LogP contribution >= 0.6 is 0 Å². The Labute approximate surface area is 107 Å². The molecule has 92 valence electrons. The second-order valence-electron chi connectivity index (χ2n) is 3.94. The minimum atomic E-state index is -0.0665. The van der Waals surface area contributed by atoms with Crippen LogP contribution in [0.1, 0.15) is 22.8 Å². The molecule has 0 heterocycles. The van der Waals surface area contributed by atoms with E-state index in [2.05, 4.69) is 6.92 Å². The van der Waals surface area contributed by atoms with E-state index in [4.69, 9.17) is 10.5 Å². The van der Waals surface area contributed by atoms with Crippen LogP contribution in [0.3, 0.4) is 0 Å². The van der Waals surface area contributed by atoms with Crippen LogP contribution in [-0.2, 0) is 6.42 Å². The molecule has 0 saturated heterocycles. The van der Waals surface area contributed by atoms with E-state index >= 15 is 0 Å². The minimum absolute atomic E-state index is 0.0665. The van der Waals surface area contributed by atoms with Gasteiger partial charge < -0.3 is 0 Å². The summed E-state index contributed by atoms with van der Waals surface area (Å²) in [6.45, 7) is 2.34. The Kier molecular flexibility index (Phi) is 5.57. The average Bonchev–Trinajstić information content (AvgIpc) is 2.39. The van der Waals surface area contributed by atoms with Gasteiger partial charge >= 0.3 is 0 Å². The molecule has 0 amide bonds. The maximum absolute atomic E-state index is 11.9. The highest BCUT2D eigenvalue weighted by molar-refractivity contribution is 5.97. The van der Waals surface area contributed by atoms with Gasteiger partial charge in [-0.3, -0.25) is 9.69 Å². The lowest BCUT2D eigenvalue weighted by atomic mass is 10.1. The van der Waals surface area contributed by atoms with Crippen LogP contribution in [0.15, 0.2) is 24.3 Å². The normalized spacial score (nSPS) is 9.78. The summed E-state index contributed by atoms with van der Waals surface area (Å²) in [5.74, 6) is -0.0665. The molecule has 4 heteroatoms. The lowest BCUT2D eigenvalue weighted by molar-refractivity contribution is 0.0946. The van der Waals surface area contributed by atoms with Crippen LogP contribution in [0.2, 0.25) is 0 Å². The molecule has 4 nitrogen and oxygen atoms in total. The molecule has 0 fully saturated rings. The number of hydrogen-bond donors (Lipinski definition) is 0. The summed E-state index contributed by atoms with van der Waals surface area (Å²) < 4.78 is 0.